The number of nitrogens with zero attached hydrogens (tertiary/aromatic N) is 2. The number of hydrogen-bond donors (Lipinski definition) is 2. The molecule has 0 atom stereocenters. The van der Waals surface area contributed by atoms with Crippen LogP contribution in [0.25, 0.3) is 0 Å². The number of hydrogen-bond acceptors (Lipinski definition) is 4. The van der Waals surface area contributed by atoms with E-state index in [0.717, 1.165) is 6.54 Å². The van der Waals surface area contributed by atoms with Gasteiger partial charge in [0.15, 0.2) is 0 Å². The summed E-state index contributed by atoms with van der Waals surface area (Å²) in [5, 5.41) is 11.9. The summed E-state index contributed by atoms with van der Waals surface area (Å²) in [6.45, 7) is 5.90. The van der Waals surface area contributed by atoms with Crippen LogP contribution >= 0.6 is 0 Å². The second-order valence-corrected chi connectivity index (χ2v) is 3.89. The third-order valence-electron chi connectivity index (χ3n) is 2.64. The van der Waals surface area contributed by atoms with Gasteiger partial charge in [0.2, 0.25) is 0 Å². The van der Waals surface area contributed by atoms with Gasteiger partial charge in [-0.25, -0.2) is 4.98 Å². The fourth-order valence-corrected chi connectivity index (χ4v) is 1.72. The van der Waals surface area contributed by atoms with Crippen molar-refractivity contribution in [3.05, 3.63) is 23.9 Å². The van der Waals surface area contributed by atoms with E-state index in [2.05, 4.69) is 10.3 Å². The lowest BCUT2D eigenvalue weighted by atomic mass is 10.2. The molecule has 5 heteroatoms. The second kappa shape index (κ2) is 7.66. The molecule has 1 heterocycles. The highest BCUT2D eigenvalue weighted by molar-refractivity contribution is 5.98. The molecule has 1 aromatic heterocycles. The first-order valence-corrected chi connectivity index (χ1v) is 6.33. The lowest BCUT2D eigenvalue weighted by molar-refractivity contribution is 0.0755. The molecule has 0 aliphatic carbocycles. The molecule has 0 aliphatic heterocycles. The van der Waals surface area contributed by atoms with Crippen molar-refractivity contribution >= 4 is 11.7 Å². The summed E-state index contributed by atoms with van der Waals surface area (Å²) in [5.74, 6) is 0.572. The van der Waals surface area contributed by atoms with Gasteiger partial charge in [-0.05, 0) is 32.4 Å². The fraction of sp³-hybridized carbons (Fsp3) is 0.538. The number of amides is 1. The maximum atomic E-state index is 12.3. The molecule has 1 rings (SSSR count). The van der Waals surface area contributed by atoms with Gasteiger partial charge in [-0.1, -0.05) is 0 Å². The van der Waals surface area contributed by atoms with Gasteiger partial charge >= 0.3 is 0 Å². The molecule has 0 aromatic carbocycles. The molecule has 1 aromatic rings. The van der Waals surface area contributed by atoms with E-state index in [1.165, 1.54) is 0 Å². The van der Waals surface area contributed by atoms with E-state index >= 15 is 0 Å². The predicted molar refractivity (Wildman–Crippen MR) is 71.7 cm³/mol. The van der Waals surface area contributed by atoms with E-state index in [1.807, 2.05) is 13.8 Å². The smallest absolute Gasteiger partial charge is 0.257 e. The molecule has 0 radical (unpaired) electrons. The Morgan fingerprint density at radius 2 is 2.28 bits per heavy atom. The quantitative estimate of drug-likeness (QED) is 0.768. The van der Waals surface area contributed by atoms with Crippen LogP contribution in [0.2, 0.25) is 0 Å². The van der Waals surface area contributed by atoms with E-state index in [0.29, 0.717) is 30.9 Å². The van der Waals surface area contributed by atoms with Crippen molar-refractivity contribution in [1.29, 1.82) is 0 Å². The summed E-state index contributed by atoms with van der Waals surface area (Å²) in [7, 11) is 0. The molecule has 5 nitrogen and oxygen atoms in total. The monoisotopic (exact) mass is 251 g/mol. The minimum Gasteiger partial charge on any atom is -0.396 e. The number of aliphatic hydroxyl groups excluding tert-OH is 1. The molecule has 18 heavy (non-hydrogen) atoms. The summed E-state index contributed by atoms with van der Waals surface area (Å²) in [4.78, 5) is 18.2. The van der Waals surface area contributed by atoms with Crippen LogP contribution in [0.3, 0.4) is 0 Å². The Labute approximate surface area is 108 Å². The standard InChI is InChI=1S/C13H21N3O2/c1-3-14-12-11(7-5-8-15-12)13(18)16(4-2)9-6-10-17/h5,7-8,17H,3-4,6,9-10H2,1-2H3,(H,14,15). The minimum absolute atomic E-state index is 0.0463. The van der Waals surface area contributed by atoms with Crippen LogP contribution in [0.15, 0.2) is 18.3 Å². The summed E-state index contributed by atoms with van der Waals surface area (Å²) in [6, 6.07) is 3.53. The topological polar surface area (TPSA) is 65.5 Å². The summed E-state index contributed by atoms with van der Waals surface area (Å²) in [5.41, 5.74) is 0.583. The van der Waals surface area contributed by atoms with Crippen molar-refractivity contribution in [1.82, 2.24) is 9.88 Å². The Kier molecular flexibility index (Phi) is 6.14. The highest BCUT2D eigenvalue weighted by Gasteiger charge is 2.17. The highest BCUT2D eigenvalue weighted by Crippen LogP contribution is 2.14. The lowest BCUT2D eigenvalue weighted by Crippen LogP contribution is -2.32. The number of pyridine rings is 1. The van der Waals surface area contributed by atoms with Crippen LogP contribution in [0.4, 0.5) is 5.82 Å². The Morgan fingerprint density at radius 1 is 1.50 bits per heavy atom. The van der Waals surface area contributed by atoms with Crippen molar-refractivity contribution in [3.63, 3.8) is 0 Å². The number of aliphatic hydroxyl groups is 1. The van der Waals surface area contributed by atoms with E-state index in [9.17, 15) is 4.79 Å². The Morgan fingerprint density at radius 3 is 2.89 bits per heavy atom. The zero-order chi connectivity index (χ0) is 13.4. The van der Waals surface area contributed by atoms with E-state index < -0.39 is 0 Å². The first-order chi connectivity index (χ1) is 8.74. The molecule has 2 N–H and O–H groups in total. The molecule has 0 saturated heterocycles. The molecule has 100 valence electrons. The Hall–Kier alpha value is -1.62. The molecule has 0 saturated carbocycles. The van der Waals surface area contributed by atoms with Crippen LogP contribution in [0.5, 0.6) is 0 Å². The number of aromatic nitrogens is 1. The van der Waals surface area contributed by atoms with Crippen LogP contribution in [0.1, 0.15) is 30.6 Å². The van der Waals surface area contributed by atoms with Gasteiger partial charge < -0.3 is 15.3 Å². The number of anilines is 1. The summed E-state index contributed by atoms with van der Waals surface area (Å²) < 4.78 is 0. The Bertz CT molecular complexity index is 382. The predicted octanol–water partition coefficient (Wildman–Crippen LogP) is 1.36. The van der Waals surface area contributed by atoms with Crippen molar-refractivity contribution in [2.45, 2.75) is 20.3 Å². The average molecular weight is 251 g/mol. The van der Waals surface area contributed by atoms with E-state index in [4.69, 9.17) is 5.11 Å². The van der Waals surface area contributed by atoms with Crippen molar-refractivity contribution in [3.8, 4) is 0 Å². The minimum atomic E-state index is -0.0463. The van der Waals surface area contributed by atoms with Gasteiger partial charge in [0.1, 0.15) is 5.82 Å². The number of nitrogens with one attached hydrogen (secondary N) is 1. The highest BCUT2D eigenvalue weighted by atomic mass is 16.3. The molecule has 0 fully saturated rings. The van der Waals surface area contributed by atoms with Crippen molar-refractivity contribution in [2.75, 3.05) is 31.6 Å². The van der Waals surface area contributed by atoms with Crippen LogP contribution < -0.4 is 5.32 Å². The zero-order valence-electron chi connectivity index (χ0n) is 11.0. The summed E-state index contributed by atoms with van der Waals surface area (Å²) in [6.07, 6.45) is 2.26. The Balaban J connectivity index is 2.86. The number of carbonyl (C=O) groups excluding carboxylic acids is 1. The van der Waals surface area contributed by atoms with Crippen LogP contribution in [-0.2, 0) is 0 Å². The third kappa shape index (κ3) is 3.70. The molecular formula is C13H21N3O2. The van der Waals surface area contributed by atoms with Crippen molar-refractivity contribution < 1.29 is 9.90 Å². The van der Waals surface area contributed by atoms with Gasteiger partial charge in [0, 0.05) is 32.4 Å². The normalized spacial score (nSPS) is 10.2. The molecule has 0 aliphatic rings. The van der Waals surface area contributed by atoms with E-state index in [-0.39, 0.29) is 12.5 Å². The van der Waals surface area contributed by atoms with Gasteiger partial charge in [-0.2, -0.15) is 0 Å². The summed E-state index contributed by atoms with van der Waals surface area (Å²) >= 11 is 0. The SMILES string of the molecule is CCNc1ncccc1C(=O)N(CC)CCCO. The molecular weight excluding hydrogens is 230 g/mol. The van der Waals surface area contributed by atoms with E-state index in [1.54, 1.807) is 23.2 Å². The maximum absolute atomic E-state index is 12.3. The number of rotatable bonds is 7. The van der Waals surface area contributed by atoms with Crippen molar-refractivity contribution in [2.24, 2.45) is 0 Å². The fourth-order valence-electron chi connectivity index (χ4n) is 1.72. The van der Waals surface area contributed by atoms with Crippen LogP contribution in [-0.4, -0.2) is 47.1 Å². The lowest BCUT2D eigenvalue weighted by Gasteiger charge is -2.21. The first kappa shape index (κ1) is 14.4. The zero-order valence-corrected chi connectivity index (χ0v) is 11.0. The molecule has 0 bridgehead atoms. The average Bonchev–Trinajstić information content (AvgIpc) is 2.40. The largest absolute Gasteiger partial charge is 0.396 e. The van der Waals surface area contributed by atoms with Gasteiger partial charge in [-0.3, -0.25) is 4.79 Å². The molecule has 0 spiro atoms. The van der Waals surface area contributed by atoms with Gasteiger partial charge in [0.25, 0.3) is 5.91 Å². The van der Waals surface area contributed by atoms with Crippen LogP contribution in [0, 0.1) is 0 Å². The molecule has 0 unspecified atom stereocenters. The molecule has 1 amide bonds. The third-order valence-corrected chi connectivity index (χ3v) is 2.64. The number of carbonyl (C=O) groups is 1. The van der Waals surface area contributed by atoms with Gasteiger partial charge in [-0.15, -0.1) is 0 Å². The second-order valence-electron chi connectivity index (χ2n) is 3.89. The maximum Gasteiger partial charge on any atom is 0.257 e. The van der Waals surface area contributed by atoms with Gasteiger partial charge in [0.05, 0.1) is 5.56 Å². The first-order valence-electron chi connectivity index (χ1n) is 6.33.